The summed E-state index contributed by atoms with van der Waals surface area (Å²) in [4.78, 5) is 25.9. The SMILES string of the molecule is COc1ccc(Cn2c(CCc3ccccc3)nnc2[C@@H](Cc2c[nH]c3ccccc23)NC(=O)C2CCOCC2)cc1.O=C(O)C(F)(F)F. The molecule has 3 heterocycles. The van der Waals surface area contributed by atoms with Crippen molar-refractivity contribution >= 4 is 22.8 Å². The van der Waals surface area contributed by atoms with E-state index in [-0.39, 0.29) is 17.9 Å². The van der Waals surface area contributed by atoms with Crippen LogP contribution in [0.3, 0.4) is 0 Å². The number of halogens is 3. The van der Waals surface area contributed by atoms with Crippen LogP contribution in [0.2, 0.25) is 0 Å². The number of methoxy groups -OCH3 is 1. The molecule has 2 aromatic heterocycles. The maximum absolute atomic E-state index is 13.6. The molecule has 13 heteroatoms. The van der Waals surface area contributed by atoms with Crippen LogP contribution in [0.15, 0.2) is 85.1 Å². The predicted molar refractivity (Wildman–Crippen MR) is 176 cm³/mol. The highest BCUT2D eigenvalue weighted by atomic mass is 19.4. The summed E-state index contributed by atoms with van der Waals surface area (Å²) in [6.07, 6.45) is 0.597. The van der Waals surface area contributed by atoms with Crippen molar-refractivity contribution in [1.29, 1.82) is 0 Å². The monoisotopic (exact) mass is 677 g/mol. The number of aryl methyl sites for hydroxylation is 2. The molecule has 0 bridgehead atoms. The smallest absolute Gasteiger partial charge is 0.490 e. The minimum Gasteiger partial charge on any atom is -0.497 e. The number of aliphatic carboxylic acids is 1. The summed E-state index contributed by atoms with van der Waals surface area (Å²) in [7, 11) is 1.67. The first-order valence-corrected chi connectivity index (χ1v) is 15.9. The van der Waals surface area contributed by atoms with Gasteiger partial charge in [0.25, 0.3) is 0 Å². The Hall–Kier alpha value is -5.17. The van der Waals surface area contributed by atoms with Crippen molar-refractivity contribution in [2.75, 3.05) is 20.3 Å². The second kappa shape index (κ2) is 16.3. The lowest BCUT2D eigenvalue weighted by Crippen LogP contribution is -2.38. The molecule has 0 unspecified atom stereocenters. The number of carboxylic acid groups (broad SMARTS) is 1. The number of carboxylic acids is 1. The standard InChI is InChI=1S/C34H37N5O3.C2HF3O2/c1-41-28-14-11-25(12-15-28)23-39-32(16-13-24-7-3-2-4-8-24)37-38-33(39)31(36-34(40)26-17-19-42-20-18-26)21-27-22-35-30-10-6-5-9-29(27)30;3-2(4,5)1(6)7/h2-12,14-15,22,26,31,35H,13,16-21,23H2,1H3,(H,36,40);(H,6,7)/t31-;/m1./s1. The van der Waals surface area contributed by atoms with E-state index < -0.39 is 12.1 Å². The summed E-state index contributed by atoms with van der Waals surface area (Å²) in [5.41, 5.74) is 4.57. The molecule has 1 aliphatic heterocycles. The molecule has 0 saturated carbocycles. The third-order valence-electron chi connectivity index (χ3n) is 8.40. The first kappa shape index (κ1) is 35.1. The zero-order chi connectivity index (χ0) is 34.8. The van der Waals surface area contributed by atoms with Crippen molar-refractivity contribution in [3.8, 4) is 5.75 Å². The molecule has 0 aliphatic carbocycles. The van der Waals surface area contributed by atoms with Crippen LogP contribution in [0.1, 0.15) is 47.2 Å². The molecule has 1 atom stereocenters. The Morgan fingerprint density at radius 2 is 1.65 bits per heavy atom. The first-order valence-electron chi connectivity index (χ1n) is 15.9. The van der Waals surface area contributed by atoms with Gasteiger partial charge in [-0.1, -0.05) is 60.7 Å². The largest absolute Gasteiger partial charge is 0.497 e. The van der Waals surface area contributed by atoms with Gasteiger partial charge in [-0.3, -0.25) is 4.79 Å². The number of aromatic nitrogens is 4. The van der Waals surface area contributed by atoms with Gasteiger partial charge in [0.2, 0.25) is 5.91 Å². The Morgan fingerprint density at radius 3 is 2.33 bits per heavy atom. The van der Waals surface area contributed by atoms with Crippen LogP contribution in [-0.4, -0.2) is 63.2 Å². The molecule has 3 aromatic carbocycles. The number of hydrogen-bond donors (Lipinski definition) is 3. The van der Waals surface area contributed by atoms with Gasteiger partial charge in [0.15, 0.2) is 5.82 Å². The third kappa shape index (κ3) is 9.47. The Morgan fingerprint density at radius 1 is 0.980 bits per heavy atom. The van der Waals surface area contributed by atoms with Crippen LogP contribution in [-0.2, 0) is 40.1 Å². The van der Waals surface area contributed by atoms with Gasteiger partial charge in [-0.2, -0.15) is 13.2 Å². The Kier molecular flexibility index (Phi) is 11.7. The van der Waals surface area contributed by atoms with Crippen molar-refractivity contribution in [1.82, 2.24) is 25.1 Å². The number of carbonyl (C=O) groups excluding carboxylic acids is 1. The number of hydrogen-bond acceptors (Lipinski definition) is 6. The molecule has 0 radical (unpaired) electrons. The summed E-state index contributed by atoms with van der Waals surface area (Å²) in [5.74, 6) is -0.304. The fourth-order valence-corrected chi connectivity index (χ4v) is 5.76. The van der Waals surface area contributed by atoms with Crippen molar-refractivity contribution in [2.45, 2.75) is 50.9 Å². The number of ether oxygens (including phenoxy) is 2. The van der Waals surface area contributed by atoms with Gasteiger partial charge in [-0.15, -0.1) is 10.2 Å². The second-order valence-corrected chi connectivity index (χ2v) is 11.7. The fourth-order valence-electron chi connectivity index (χ4n) is 5.76. The van der Waals surface area contributed by atoms with Gasteiger partial charge >= 0.3 is 12.1 Å². The second-order valence-electron chi connectivity index (χ2n) is 11.7. The number of para-hydroxylation sites is 1. The quantitative estimate of drug-likeness (QED) is 0.155. The van der Waals surface area contributed by atoms with E-state index in [2.05, 4.69) is 63.4 Å². The molecule has 1 amide bonds. The summed E-state index contributed by atoms with van der Waals surface area (Å²) in [5, 5.41) is 21.1. The minimum atomic E-state index is -5.08. The Bertz CT molecular complexity index is 1820. The molecule has 10 nitrogen and oxygen atoms in total. The van der Waals surface area contributed by atoms with E-state index in [1.54, 1.807) is 7.11 Å². The molecule has 1 saturated heterocycles. The normalized spacial score (nSPS) is 14.1. The van der Waals surface area contributed by atoms with E-state index in [1.165, 1.54) is 5.56 Å². The van der Waals surface area contributed by atoms with Crippen LogP contribution >= 0.6 is 0 Å². The molecule has 6 rings (SSSR count). The topological polar surface area (TPSA) is 131 Å². The van der Waals surface area contributed by atoms with E-state index in [1.807, 2.05) is 36.5 Å². The molecule has 49 heavy (non-hydrogen) atoms. The highest BCUT2D eigenvalue weighted by Gasteiger charge is 2.38. The molecule has 5 aromatic rings. The average molecular weight is 678 g/mol. The lowest BCUT2D eigenvalue weighted by molar-refractivity contribution is -0.192. The summed E-state index contributed by atoms with van der Waals surface area (Å²) in [6, 6.07) is 26.4. The zero-order valence-corrected chi connectivity index (χ0v) is 27.0. The number of benzene rings is 3. The number of amides is 1. The molecule has 1 fully saturated rings. The number of nitrogens with zero attached hydrogens (tertiary/aromatic N) is 3. The predicted octanol–water partition coefficient (Wildman–Crippen LogP) is 6.06. The molecular formula is C36H38F3N5O5. The van der Waals surface area contributed by atoms with Crippen molar-refractivity contribution in [2.24, 2.45) is 5.92 Å². The number of fused-ring (bicyclic) bond motifs is 1. The lowest BCUT2D eigenvalue weighted by Gasteiger charge is -2.25. The van der Waals surface area contributed by atoms with Crippen LogP contribution < -0.4 is 10.1 Å². The Labute approximate surface area is 281 Å². The van der Waals surface area contributed by atoms with Crippen molar-refractivity contribution in [3.63, 3.8) is 0 Å². The first-order chi connectivity index (χ1) is 23.6. The molecular weight excluding hydrogens is 639 g/mol. The maximum Gasteiger partial charge on any atom is 0.490 e. The molecule has 258 valence electrons. The number of nitrogens with one attached hydrogen (secondary N) is 2. The van der Waals surface area contributed by atoms with Crippen LogP contribution in [0, 0.1) is 5.92 Å². The molecule has 0 spiro atoms. The van der Waals surface area contributed by atoms with Gasteiger partial charge in [0.05, 0.1) is 19.7 Å². The number of H-pyrrole nitrogens is 1. The minimum absolute atomic E-state index is 0.0491. The summed E-state index contributed by atoms with van der Waals surface area (Å²) in [6.45, 7) is 1.82. The highest BCUT2D eigenvalue weighted by molar-refractivity contribution is 5.83. The van der Waals surface area contributed by atoms with Gasteiger partial charge in [0.1, 0.15) is 11.6 Å². The van der Waals surface area contributed by atoms with E-state index in [4.69, 9.17) is 29.6 Å². The summed E-state index contributed by atoms with van der Waals surface area (Å²) >= 11 is 0. The highest BCUT2D eigenvalue weighted by Crippen LogP contribution is 2.27. The zero-order valence-electron chi connectivity index (χ0n) is 27.0. The van der Waals surface area contributed by atoms with Gasteiger partial charge in [0, 0.05) is 49.1 Å². The lowest BCUT2D eigenvalue weighted by atomic mass is 9.97. The van der Waals surface area contributed by atoms with Crippen LogP contribution in [0.25, 0.3) is 10.9 Å². The number of alkyl halides is 3. The van der Waals surface area contributed by atoms with Gasteiger partial charge in [-0.05, 0) is 54.2 Å². The van der Waals surface area contributed by atoms with Gasteiger partial charge < -0.3 is 29.4 Å². The third-order valence-corrected chi connectivity index (χ3v) is 8.40. The maximum atomic E-state index is 13.6. The van der Waals surface area contributed by atoms with E-state index in [0.717, 1.165) is 65.1 Å². The summed E-state index contributed by atoms with van der Waals surface area (Å²) < 4.78 is 44.8. The number of rotatable bonds is 11. The number of carbonyl (C=O) groups is 2. The van der Waals surface area contributed by atoms with E-state index >= 15 is 0 Å². The van der Waals surface area contributed by atoms with Gasteiger partial charge in [-0.25, -0.2) is 4.79 Å². The average Bonchev–Trinajstić information content (AvgIpc) is 3.71. The number of aromatic amines is 1. The van der Waals surface area contributed by atoms with Crippen molar-refractivity contribution < 1.29 is 37.3 Å². The van der Waals surface area contributed by atoms with E-state index in [0.29, 0.717) is 26.2 Å². The van der Waals surface area contributed by atoms with Crippen LogP contribution in [0.5, 0.6) is 5.75 Å². The Balaban J connectivity index is 0.000000606. The van der Waals surface area contributed by atoms with Crippen LogP contribution in [0.4, 0.5) is 13.2 Å². The molecule has 1 aliphatic rings. The molecule has 3 N–H and O–H groups in total. The fraction of sp³-hybridized carbons (Fsp3) is 0.333. The van der Waals surface area contributed by atoms with E-state index in [9.17, 15) is 18.0 Å². The van der Waals surface area contributed by atoms with Crippen molar-refractivity contribution in [3.05, 3.63) is 113 Å².